The maximum Gasteiger partial charge on any atom is 0.341 e. The molecule has 9 heteroatoms. The highest BCUT2D eigenvalue weighted by atomic mass is 32.2. The molecule has 1 rings (SSSR count). The lowest BCUT2D eigenvalue weighted by molar-refractivity contribution is 0.0685. The fraction of sp³-hybridized carbons (Fsp3) is 0.364. The third-order valence-electron chi connectivity index (χ3n) is 2.57. The number of carboxylic acid groups (broad SMARTS) is 1. The first-order chi connectivity index (χ1) is 9.23. The van der Waals surface area contributed by atoms with Gasteiger partial charge >= 0.3 is 5.97 Å². The number of likely N-dealkylation sites (N-methyl/N-ethyl adjacent to an activating group) is 1. The van der Waals surface area contributed by atoms with E-state index in [9.17, 15) is 22.0 Å². The summed E-state index contributed by atoms with van der Waals surface area (Å²) < 4.78 is 56.7. The van der Waals surface area contributed by atoms with Gasteiger partial charge in [0.1, 0.15) is 16.3 Å². The topological polar surface area (TPSA) is 83.9 Å². The van der Waals surface area contributed by atoms with Crippen molar-refractivity contribution in [3.05, 3.63) is 29.3 Å². The first-order valence-corrected chi connectivity index (χ1v) is 6.84. The summed E-state index contributed by atoms with van der Waals surface area (Å²) in [6.45, 7) is 0.0163. The Morgan fingerprint density at radius 3 is 2.50 bits per heavy atom. The number of carboxylic acids is 1. The van der Waals surface area contributed by atoms with Gasteiger partial charge in [0.25, 0.3) is 0 Å². The lowest BCUT2D eigenvalue weighted by Gasteiger charge is -2.17. The molecule has 0 radical (unpaired) electrons. The van der Waals surface area contributed by atoms with Gasteiger partial charge in [-0.1, -0.05) is 0 Å². The third-order valence-corrected chi connectivity index (χ3v) is 4.44. The molecule has 1 aromatic carbocycles. The number of aromatic carboxylic acids is 1. The summed E-state index contributed by atoms with van der Waals surface area (Å²) in [5, 5.41) is 8.71. The van der Waals surface area contributed by atoms with Crippen LogP contribution in [0.4, 0.5) is 8.78 Å². The van der Waals surface area contributed by atoms with E-state index in [1.807, 2.05) is 0 Å². The summed E-state index contributed by atoms with van der Waals surface area (Å²) in [5.74, 6) is -4.84. The molecular formula is C11H13F2NO5S. The van der Waals surface area contributed by atoms with Crippen molar-refractivity contribution in [2.45, 2.75) is 4.90 Å². The van der Waals surface area contributed by atoms with E-state index in [2.05, 4.69) is 0 Å². The van der Waals surface area contributed by atoms with Crippen molar-refractivity contribution in [1.82, 2.24) is 4.31 Å². The second kappa shape index (κ2) is 6.25. The van der Waals surface area contributed by atoms with Gasteiger partial charge in [0.2, 0.25) is 10.0 Å². The molecule has 20 heavy (non-hydrogen) atoms. The Hall–Kier alpha value is -1.58. The average molecular weight is 309 g/mol. The highest BCUT2D eigenvalue weighted by Gasteiger charge is 2.29. The minimum absolute atomic E-state index is 0.0575. The van der Waals surface area contributed by atoms with Crippen LogP contribution in [-0.2, 0) is 14.8 Å². The SMILES string of the molecule is COCCN(C)S(=O)(=O)c1ccc(F)c(C(=O)O)c1F. The zero-order valence-electron chi connectivity index (χ0n) is 10.8. The molecule has 0 unspecified atom stereocenters. The predicted octanol–water partition coefficient (Wildman–Crippen LogP) is 0.930. The van der Waals surface area contributed by atoms with Crippen molar-refractivity contribution in [2.75, 3.05) is 27.3 Å². The lowest BCUT2D eigenvalue weighted by Crippen LogP contribution is -2.31. The number of methoxy groups -OCH3 is 1. The number of halogens is 2. The maximum absolute atomic E-state index is 13.9. The summed E-state index contributed by atoms with van der Waals surface area (Å²) in [5.41, 5.74) is -1.30. The summed E-state index contributed by atoms with van der Waals surface area (Å²) in [6, 6.07) is 1.29. The van der Waals surface area contributed by atoms with E-state index in [-0.39, 0.29) is 13.2 Å². The second-order valence-corrected chi connectivity index (χ2v) is 5.87. The van der Waals surface area contributed by atoms with Gasteiger partial charge in [0.05, 0.1) is 6.61 Å². The minimum atomic E-state index is -4.27. The molecule has 0 aliphatic heterocycles. The Kier molecular flexibility index (Phi) is 5.15. The normalized spacial score (nSPS) is 11.8. The van der Waals surface area contributed by atoms with Crippen LogP contribution in [0.15, 0.2) is 17.0 Å². The average Bonchev–Trinajstić information content (AvgIpc) is 2.34. The molecule has 0 amide bonds. The van der Waals surface area contributed by atoms with Crippen molar-refractivity contribution in [1.29, 1.82) is 0 Å². The zero-order chi connectivity index (χ0) is 15.5. The first-order valence-electron chi connectivity index (χ1n) is 5.40. The Morgan fingerprint density at radius 2 is 2.00 bits per heavy atom. The molecule has 0 aromatic heterocycles. The predicted molar refractivity (Wildman–Crippen MR) is 65.0 cm³/mol. The van der Waals surface area contributed by atoms with E-state index in [0.717, 1.165) is 4.31 Å². The van der Waals surface area contributed by atoms with Crippen molar-refractivity contribution < 1.29 is 31.8 Å². The molecule has 112 valence electrons. The molecule has 0 heterocycles. The van der Waals surface area contributed by atoms with Crippen molar-refractivity contribution in [3.63, 3.8) is 0 Å². The van der Waals surface area contributed by atoms with Gasteiger partial charge in [-0.05, 0) is 12.1 Å². The van der Waals surface area contributed by atoms with Crippen LogP contribution >= 0.6 is 0 Å². The van der Waals surface area contributed by atoms with Crippen LogP contribution in [0.2, 0.25) is 0 Å². The van der Waals surface area contributed by atoms with Crippen LogP contribution in [0, 0.1) is 11.6 Å². The van der Waals surface area contributed by atoms with E-state index in [0.29, 0.717) is 12.1 Å². The van der Waals surface area contributed by atoms with Crippen LogP contribution < -0.4 is 0 Å². The Labute approximate surface area is 114 Å². The largest absolute Gasteiger partial charge is 0.477 e. The summed E-state index contributed by atoms with van der Waals surface area (Å²) >= 11 is 0. The van der Waals surface area contributed by atoms with Crippen molar-refractivity contribution in [3.8, 4) is 0 Å². The Bertz CT molecular complexity index is 617. The molecule has 1 aromatic rings. The molecule has 0 bridgehead atoms. The first kappa shape index (κ1) is 16.5. The molecule has 0 aliphatic carbocycles. The highest BCUT2D eigenvalue weighted by Crippen LogP contribution is 2.23. The number of hydrogen-bond donors (Lipinski definition) is 1. The summed E-state index contributed by atoms with van der Waals surface area (Å²) in [7, 11) is -1.73. The maximum atomic E-state index is 13.9. The number of carbonyl (C=O) groups is 1. The lowest BCUT2D eigenvalue weighted by atomic mass is 10.2. The standard InChI is InChI=1S/C11H13F2NO5S/c1-14(5-6-19-2)20(17,18)8-4-3-7(12)9(10(8)13)11(15)16/h3-4H,5-6H2,1-2H3,(H,15,16). The van der Waals surface area contributed by atoms with Crippen LogP contribution in [-0.4, -0.2) is 51.1 Å². The molecule has 1 N–H and O–H groups in total. The van der Waals surface area contributed by atoms with Crippen LogP contribution in [0.25, 0.3) is 0 Å². The van der Waals surface area contributed by atoms with Crippen LogP contribution in [0.3, 0.4) is 0 Å². The number of nitrogens with zero attached hydrogens (tertiary/aromatic N) is 1. The number of hydrogen-bond acceptors (Lipinski definition) is 4. The van der Waals surface area contributed by atoms with E-state index in [1.54, 1.807) is 0 Å². The fourth-order valence-electron chi connectivity index (χ4n) is 1.44. The van der Waals surface area contributed by atoms with Gasteiger partial charge in [-0.3, -0.25) is 0 Å². The molecular weight excluding hydrogens is 296 g/mol. The Morgan fingerprint density at radius 1 is 1.40 bits per heavy atom. The summed E-state index contributed by atoms with van der Waals surface area (Å²) in [6.07, 6.45) is 0. The molecule has 0 saturated carbocycles. The second-order valence-electron chi connectivity index (χ2n) is 3.86. The minimum Gasteiger partial charge on any atom is -0.477 e. The van der Waals surface area contributed by atoms with E-state index < -0.39 is 38.1 Å². The van der Waals surface area contributed by atoms with Gasteiger partial charge in [-0.15, -0.1) is 0 Å². The van der Waals surface area contributed by atoms with Crippen LogP contribution in [0.5, 0.6) is 0 Å². The van der Waals surface area contributed by atoms with E-state index in [1.165, 1.54) is 14.2 Å². The number of benzene rings is 1. The van der Waals surface area contributed by atoms with E-state index >= 15 is 0 Å². The smallest absolute Gasteiger partial charge is 0.341 e. The van der Waals surface area contributed by atoms with Gasteiger partial charge in [-0.2, -0.15) is 4.31 Å². The molecule has 0 aliphatic rings. The van der Waals surface area contributed by atoms with Gasteiger partial charge < -0.3 is 9.84 Å². The van der Waals surface area contributed by atoms with Gasteiger partial charge in [-0.25, -0.2) is 22.0 Å². The monoisotopic (exact) mass is 309 g/mol. The van der Waals surface area contributed by atoms with Gasteiger partial charge in [0, 0.05) is 20.7 Å². The zero-order valence-corrected chi connectivity index (χ0v) is 11.6. The van der Waals surface area contributed by atoms with Gasteiger partial charge in [0.15, 0.2) is 5.82 Å². The molecule has 0 spiro atoms. The molecule has 6 nitrogen and oxygen atoms in total. The molecule has 0 atom stereocenters. The number of sulfonamides is 1. The van der Waals surface area contributed by atoms with Crippen molar-refractivity contribution >= 4 is 16.0 Å². The quantitative estimate of drug-likeness (QED) is 0.845. The number of ether oxygens (including phenoxy) is 1. The molecule has 0 fully saturated rings. The number of rotatable bonds is 6. The van der Waals surface area contributed by atoms with Crippen molar-refractivity contribution in [2.24, 2.45) is 0 Å². The third kappa shape index (κ3) is 3.11. The highest BCUT2D eigenvalue weighted by molar-refractivity contribution is 7.89. The van der Waals surface area contributed by atoms with E-state index in [4.69, 9.17) is 9.84 Å². The fourth-order valence-corrected chi connectivity index (χ4v) is 2.66. The Balaban J connectivity index is 3.33. The van der Waals surface area contributed by atoms with Crippen LogP contribution in [0.1, 0.15) is 10.4 Å². The summed E-state index contributed by atoms with van der Waals surface area (Å²) in [4.78, 5) is 9.86. The molecule has 0 saturated heterocycles.